The minimum Gasteiger partial charge on any atom is -0.452 e. The lowest BCUT2D eigenvalue weighted by Crippen LogP contribution is -2.10. The summed E-state index contributed by atoms with van der Waals surface area (Å²) >= 11 is 0. The molecule has 0 saturated carbocycles. The van der Waals surface area contributed by atoms with Gasteiger partial charge in [-0.1, -0.05) is 30.3 Å². The Morgan fingerprint density at radius 3 is 2.69 bits per heavy atom. The molecule has 2 aromatic heterocycles. The fourth-order valence-electron chi connectivity index (χ4n) is 3.63. The van der Waals surface area contributed by atoms with E-state index in [-0.39, 0.29) is 12.6 Å². The first kappa shape index (κ1) is 15.1. The molecule has 0 aliphatic heterocycles. The van der Waals surface area contributed by atoms with Gasteiger partial charge in [-0.3, -0.25) is 4.98 Å². The summed E-state index contributed by atoms with van der Waals surface area (Å²) in [6.45, 7) is 0.0128. The van der Waals surface area contributed by atoms with Crippen LogP contribution in [0, 0.1) is 0 Å². The van der Waals surface area contributed by atoms with Gasteiger partial charge >= 0.3 is 5.97 Å². The molecule has 0 atom stereocenters. The summed E-state index contributed by atoms with van der Waals surface area (Å²) in [6, 6.07) is 15.2. The third-order valence-electron chi connectivity index (χ3n) is 4.79. The Labute approximate surface area is 149 Å². The number of carbonyl (C=O) groups is 1. The summed E-state index contributed by atoms with van der Waals surface area (Å²) in [5.41, 5.74) is 4.95. The summed E-state index contributed by atoms with van der Waals surface area (Å²) in [5, 5.41) is 0.843. The highest BCUT2D eigenvalue weighted by molar-refractivity contribution is 6.05. The van der Waals surface area contributed by atoms with Crippen molar-refractivity contribution in [3.05, 3.63) is 71.2 Å². The molecule has 0 saturated heterocycles. The smallest absolute Gasteiger partial charge is 0.339 e. The number of carbonyl (C=O) groups excluding carboxylic acids is 1. The van der Waals surface area contributed by atoms with Crippen LogP contribution in [0.25, 0.3) is 22.0 Å². The number of benzene rings is 2. The molecule has 26 heavy (non-hydrogen) atoms. The second-order valence-corrected chi connectivity index (χ2v) is 6.43. The standard InChI is InChI=1S/C21H16N2O3/c24-21(25-12-19-23-17-9-3-4-11-18(17)26-19)20-13-6-1-2-8-15(13)22-16-10-5-7-14(16)20/h1-4,6,8-9,11H,5,7,10,12H2. The van der Waals surface area contributed by atoms with Crippen molar-refractivity contribution in [1.29, 1.82) is 0 Å². The summed E-state index contributed by atoms with van der Waals surface area (Å²) in [6.07, 6.45) is 2.79. The van der Waals surface area contributed by atoms with Crippen LogP contribution in [0.1, 0.15) is 33.9 Å². The Balaban J connectivity index is 1.48. The van der Waals surface area contributed by atoms with Gasteiger partial charge < -0.3 is 9.15 Å². The first-order chi connectivity index (χ1) is 12.8. The van der Waals surface area contributed by atoms with E-state index in [2.05, 4.69) is 4.98 Å². The van der Waals surface area contributed by atoms with Crippen molar-refractivity contribution in [2.45, 2.75) is 25.9 Å². The largest absolute Gasteiger partial charge is 0.452 e. The maximum Gasteiger partial charge on any atom is 0.339 e. The van der Waals surface area contributed by atoms with E-state index in [4.69, 9.17) is 14.1 Å². The predicted molar refractivity (Wildman–Crippen MR) is 96.9 cm³/mol. The van der Waals surface area contributed by atoms with Crippen molar-refractivity contribution in [1.82, 2.24) is 9.97 Å². The van der Waals surface area contributed by atoms with Gasteiger partial charge in [-0.25, -0.2) is 9.78 Å². The van der Waals surface area contributed by atoms with Crippen LogP contribution in [-0.4, -0.2) is 15.9 Å². The summed E-state index contributed by atoms with van der Waals surface area (Å²) < 4.78 is 11.2. The quantitative estimate of drug-likeness (QED) is 0.521. The minimum atomic E-state index is -0.344. The highest BCUT2D eigenvalue weighted by atomic mass is 16.5. The molecule has 1 aliphatic carbocycles. The molecule has 5 heteroatoms. The van der Waals surface area contributed by atoms with Gasteiger partial charge in [0.15, 0.2) is 12.2 Å². The molecule has 1 aliphatic rings. The number of para-hydroxylation sites is 3. The first-order valence-corrected chi connectivity index (χ1v) is 8.71. The van der Waals surface area contributed by atoms with Gasteiger partial charge in [0.1, 0.15) is 5.52 Å². The van der Waals surface area contributed by atoms with E-state index in [1.165, 1.54) is 0 Å². The van der Waals surface area contributed by atoms with Crippen LogP contribution in [0.4, 0.5) is 0 Å². The summed E-state index contributed by atoms with van der Waals surface area (Å²) in [7, 11) is 0. The monoisotopic (exact) mass is 344 g/mol. The van der Waals surface area contributed by atoms with Crippen molar-refractivity contribution in [3.63, 3.8) is 0 Å². The third kappa shape index (κ3) is 2.44. The Bertz CT molecular complexity index is 1110. The minimum absolute atomic E-state index is 0.0128. The molecule has 5 rings (SSSR count). The lowest BCUT2D eigenvalue weighted by Gasteiger charge is -2.11. The molecule has 2 heterocycles. The summed E-state index contributed by atoms with van der Waals surface area (Å²) in [4.78, 5) is 22.0. The van der Waals surface area contributed by atoms with Gasteiger partial charge in [0, 0.05) is 11.1 Å². The first-order valence-electron chi connectivity index (χ1n) is 8.71. The molecular weight excluding hydrogens is 328 g/mol. The number of ether oxygens (including phenoxy) is 1. The van der Waals surface area contributed by atoms with Crippen LogP contribution in [0.15, 0.2) is 52.9 Å². The normalized spacial score (nSPS) is 13.2. The van der Waals surface area contributed by atoms with E-state index in [1.54, 1.807) is 0 Å². The molecule has 0 unspecified atom stereocenters. The van der Waals surface area contributed by atoms with Crippen LogP contribution in [0.2, 0.25) is 0 Å². The number of rotatable bonds is 3. The molecule has 0 fully saturated rings. The van der Waals surface area contributed by atoms with Gasteiger partial charge in [-0.15, -0.1) is 0 Å². The average molecular weight is 344 g/mol. The zero-order valence-corrected chi connectivity index (χ0v) is 14.1. The van der Waals surface area contributed by atoms with Gasteiger partial charge in [0.05, 0.1) is 11.1 Å². The van der Waals surface area contributed by atoms with Crippen LogP contribution in [0.3, 0.4) is 0 Å². The highest BCUT2D eigenvalue weighted by Crippen LogP contribution is 2.30. The number of aryl methyl sites for hydroxylation is 1. The van der Waals surface area contributed by atoms with E-state index in [1.807, 2.05) is 48.5 Å². The number of esters is 1. The van der Waals surface area contributed by atoms with Gasteiger partial charge in [-0.05, 0) is 43.0 Å². The van der Waals surface area contributed by atoms with E-state index in [9.17, 15) is 4.79 Å². The van der Waals surface area contributed by atoms with Crippen molar-refractivity contribution < 1.29 is 13.9 Å². The molecule has 0 amide bonds. The topological polar surface area (TPSA) is 65.2 Å². The molecule has 128 valence electrons. The van der Waals surface area contributed by atoms with Crippen molar-refractivity contribution in [2.24, 2.45) is 0 Å². The van der Waals surface area contributed by atoms with Gasteiger partial charge in [0.25, 0.3) is 0 Å². The van der Waals surface area contributed by atoms with Gasteiger partial charge in [0.2, 0.25) is 5.89 Å². The number of aromatic nitrogens is 2. The molecule has 2 aromatic carbocycles. The maximum absolute atomic E-state index is 12.9. The number of hydrogen-bond acceptors (Lipinski definition) is 5. The third-order valence-corrected chi connectivity index (χ3v) is 4.79. The maximum atomic E-state index is 12.9. The van der Waals surface area contributed by atoms with Crippen molar-refractivity contribution >= 4 is 28.0 Å². The van der Waals surface area contributed by atoms with E-state index >= 15 is 0 Å². The number of pyridine rings is 1. The van der Waals surface area contributed by atoms with E-state index in [0.29, 0.717) is 17.0 Å². The predicted octanol–water partition coefficient (Wildman–Crippen LogP) is 4.22. The molecule has 4 aromatic rings. The van der Waals surface area contributed by atoms with Crippen LogP contribution >= 0.6 is 0 Å². The van der Waals surface area contributed by atoms with Crippen LogP contribution in [0.5, 0.6) is 0 Å². The van der Waals surface area contributed by atoms with E-state index in [0.717, 1.165) is 46.9 Å². The summed E-state index contributed by atoms with van der Waals surface area (Å²) in [5.74, 6) is 0.0542. The Hall–Kier alpha value is -3.21. The second-order valence-electron chi connectivity index (χ2n) is 6.43. The molecule has 0 radical (unpaired) electrons. The second kappa shape index (κ2) is 5.95. The molecule has 0 N–H and O–H groups in total. The number of nitrogens with zero attached hydrogens (tertiary/aromatic N) is 2. The van der Waals surface area contributed by atoms with E-state index < -0.39 is 0 Å². The lowest BCUT2D eigenvalue weighted by molar-refractivity contribution is 0.0441. The Morgan fingerprint density at radius 2 is 1.81 bits per heavy atom. The SMILES string of the molecule is O=C(OCc1nc2ccccc2o1)c1c2c(nc3ccccc13)CCC2. The average Bonchev–Trinajstić information content (AvgIpc) is 3.30. The Kier molecular flexibility index (Phi) is 3.45. The van der Waals surface area contributed by atoms with Crippen molar-refractivity contribution in [3.8, 4) is 0 Å². The molecule has 0 spiro atoms. The van der Waals surface area contributed by atoms with Crippen LogP contribution in [-0.2, 0) is 24.2 Å². The van der Waals surface area contributed by atoms with Crippen LogP contribution < -0.4 is 0 Å². The molecule has 0 bridgehead atoms. The molecular formula is C21H16N2O3. The van der Waals surface area contributed by atoms with Gasteiger partial charge in [-0.2, -0.15) is 0 Å². The number of oxazole rings is 1. The molecule has 5 nitrogen and oxygen atoms in total. The van der Waals surface area contributed by atoms with Crippen molar-refractivity contribution in [2.75, 3.05) is 0 Å². The fourth-order valence-corrected chi connectivity index (χ4v) is 3.63. The zero-order chi connectivity index (χ0) is 17.5. The lowest BCUT2D eigenvalue weighted by atomic mass is 10.0. The number of hydrogen-bond donors (Lipinski definition) is 0. The fraction of sp³-hybridized carbons (Fsp3) is 0.190. The highest BCUT2D eigenvalue weighted by Gasteiger charge is 2.25. The zero-order valence-electron chi connectivity index (χ0n) is 14.1. The number of fused-ring (bicyclic) bond motifs is 3. The Morgan fingerprint density at radius 1 is 1.00 bits per heavy atom.